The average molecular weight is 375 g/mol. The zero-order chi connectivity index (χ0) is 20.0. The number of rotatable bonds is 7. The van der Waals surface area contributed by atoms with Crippen LogP contribution in [0, 0.1) is 13.8 Å². The number of aryl methyl sites for hydroxylation is 2. The van der Waals surface area contributed by atoms with Gasteiger partial charge in [-0.25, -0.2) is 0 Å². The minimum Gasteiger partial charge on any atom is -0.353 e. The van der Waals surface area contributed by atoms with Crippen LogP contribution < -0.4 is 10.6 Å². The average Bonchev–Trinajstić information content (AvgIpc) is 2.58. The quantitative estimate of drug-likeness (QED) is 0.761. The van der Waals surface area contributed by atoms with E-state index >= 15 is 0 Å². The first-order valence-electron chi connectivity index (χ1n) is 9.85. The van der Waals surface area contributed by atoms with E-state index in [1.54, 1.807) is 0 Å². The molecule has 27 heavy (non-hydrogen) atoms. The summed E-state index contributed by atoms with van der Waals surface area (Å²) in [6, 6.07) is 6.48. The third kappa shape index (κ3) is 6.96. The lowest BCUT2D eigenvalue weighted by Gasteiger charge is -2.34. The first-order valence-corrected chi connectivity index (χ1v) is 9.85. The van der Waals surface area contributed by atoms with Crippen LogP contribution >= 0.6 is 0 Å². The maximum atomic E-state index is 12.4. The van der Waals surface area contributed by atoms with Gasteiger partial charge in [0, 0.05) is 32.2 Å². The van der Waals surface area contributed by atoms with Crippen molar-refractivity contribution in [3.63, 3.8) is 0 Å². The van der Waals surface area contributed by atoms with Crippen LogP contribution in [-0.4, -0.2) is 66.9 Å². The van der Waals surface area contributed by atoms with Crippen LogP contribution in [0.4, 0.5) is 0 Å². The smallest absolute Gasteiger partial charge is 0.234 e. The van der Waals surface area contributed by atoms with E-state index in [1.807, 2.05) is 20.8 Å². The number of amides is 2. The van der Waals surface area contributed by atoms with Gasteiger partial charge in [-0.2, -0.15) is 0 Å². The molecular weight excluding hydrogens is 340 g/mol. The molecule has 1 aliphatic rings. The molecule has 6 nitrogen and oxygen atoms in total. The number of piperazine rings is 1. The van der Waals surface area contributed by atoms with Gasteiger partial charge < -0.3 is 10.6 Å². The van der Waals surface area contributed by atoms with Crippen molar-refractivity contribution < 1.29 is 9.59 Å². The van der Waals surface area contributed by atoms with E-state index in [0.29, 0.717) is 13.1 Å². The zero-order valence-electron chi connectivity index (χ0n) is 17.3. The molecule has 0 saturated carbocycles. The lowest BCUT2D eigenvalue weighted by molar-refractivity contribution is -0.125. The molecule has 0 spiro atoms. The summed E-state index contributed by atoms with van der Waals surface area (Å²) < 4.78 is 0. The molecule has 0 aliphatic carbocycles. The second-order valence-electron chi connectivity index (χ2n) is 7.91. The van der Waals surface area contributed by atoms with Crippen LogP contribution in [0.25, 0.3) is 0 Å². The molecule has 1 saturated heterocycles. The second-order valence-corrected chi connectivity index (χ2v) is 7.91. The number of benzene rings is 1. The number of carbonyl (C=O) groups excluding carboxylic acids is 2. The number of carbonyl (C=O) groups is 2. The van der Waals surface area contributed by atoms with Gasteiger partial charge in [0.05, 0.1) is 19.1 Å². The van der Waals surface area contributed by atoms with E-state index in [9.17, 15) is 9.59 Å². The van der Waals surface area contributed by atoms with E-state index in [1.165, 1.54) is 11.1 Å². The Kier molecular flexibility index (Phi) is 7.80. The largest absolute Gasteiger partial charge is 0.353 e. The number of nitrogens with one attached hydrogen (secondary N) is 2. The summed E-state index contributed by atoms with van der Waals surface area (Å²) in [6.07, 6.45) is 0. The molecule has 1 heterocycles. The van der Waals surface area contributed by atoms with Crippen LogP contribution in [0.3, 0.4) is 0 Å². The van der Waals surface area contributed by atoms with Crippen molar-refractivity contribution >= 4 is 11.8 Å². The Morgan fingerprint density at radius 3 is 1.89 bits per heavy atom. The fraction of sp³-hybridized carbons (Fsp3) is 0.619. The maximum Gasteiger partial charge on any atom is 0.234 e. The highest BCUT2D eigenvalue weighted by molar-refractivity contribution is 5.79. The summed E-state index contributed by atoms with van der Waals surface area (Å²) in [5, 5.41) is 6.02. The molecule has 1 fully saturated rings. The highest BCUT2D eigenvalue weighted by Crippen LogP contribution is 2.16. The molecule has 1 aromatic rings. The summed E-state index contributed by atoms with van der Waals surface area (Å²) in [7, 11) is 0. The van der Waals surface area contributed by atoms with Gasteiger partial charge in [-0.3, -0.25) is 19.4 Å². The Balaban J connectivity index is 1.74. The molecule has 0 aromatic heterocycles. The maximum absolute atomic E-state index is 12.4. The first-order chi connectivity index (χ1) is 12.7. The second kappa shape index (κ2) is 9.85. The molecule has 1 unspecified atom stereocenters. The number of hydrogen-bond donors (Lipinski definition) is 2. The molecule has 2 amide bonds. The van der Waals surface area contributed by atoms with Gasteiger partial charge in [0.15, 0.2) is 0 Å². The van der Waals surface area contributed by atoms with Crippen molar-refractivity contribution in [2.45, 2.75) is 46.7 Å². The minimum absolute atomic E-state index is 0.00202. The highest BCUT2D eigenvalue weighted by Gasteiger charge is 2.21. The standard InChI is InChI=1S/C21H34N4O2/c1-15(2)22-20(26)13-24-8-10-25(11-9-24)14-21(27)23-18(5)19-7-6-16(3)17(4)12-19/h6-7,12,15,18H,8-11,13-14H2,1-5H3,(H,22,26)(H,23,27). The van der Waals surface area contributed by atoms with Crippen molar-refractivity contribution in [2.24, 2.45) is 0 Å². The Hall–Kier alpha value is -1.92. The molecule has 1 aliphatic heterocycles. The third-order valence-electron chi connectivity index (χ3n) is 5.06. The van der Waals surface area contributed by atoms with Gasteiger partial charge in [-0.05, 0) is 51.3 Å². The summed E-state index contributed by atoms with van der Waals surface area (Å²) in [5.41, 5.74) is 3.64. The zero-order valence-corrected chi connectivity index (χ0v) is 17.3. The molecule has 2 N–H and O–H groups in total. The van der Waals surface area contributed by atoms with E-state index in [0.717, 1.165) is 31.7 Å². The lowest BCUT2D eigenvalue weighted by Crippen LogP contribution is -2.52. The fourth-order valence-electron chi connectivity index (χ4n) is 3.28. The predicted octanol–water partition coefficient (Wildman–Crippen LogP) is 1.62. The monoisotopic (exact) mass is 374 g/mol. The molecule has 1 atom stereocenters. The van der Waals surface area contributed by atoms with E-state index < -0.39 is 0 Å². The van der Waals surface area contributed by atoms with Gasteiger partial charge >= 0.3 is 0 Å². The summed E-state index contributed by atoms with van der Waals surface area (Å²) >= 11 is 0. The Labute approximate surface area is 163 Å². The van der Waals surface area contributed by atoms with Crippen LogP contribution in [0.2, 0.25) is 0 Å². The molecule has 0 radical (unpaired) electrons. The predicted molar refractivity (Wildman–Crippen MR) is 109 cm³/mol. The van der Waals surface area contributed by atoms with Crippen molar-refractivity contribution in [3.8, 4) is 0 Å². The van der Waals surface area contributed by atoms with Crippen molar-refractivity contribution in [2.75, 3.05) is 39.3 Å². The van der Waals surface area contributed by atoms with Crippen LogP contribution in [0.1, 0.15) is 43.5 Å². The van der Waals surface area contributed by atoms with Crippen LogP contribution in [0.5, 0.6) is 0 Å². The van der Waals surface area contributed by atoms with Crippen molar-refractivity contribution in [1.82, 2.24) is 20.4 Å². The van der Waals surface area contributed by atoms with Gasteiger partial charge in [-0.15, -0.1) is 0 Å². The Morgan fingerprint density at radius 2 is 1.41 bits per heavy atom. The van der Waals surface area contributed by atoms with Gasteiger partial charge in [0.25, 0.3) is 0 Å². The summed E-state index contributed by atoms with van der Waals surface area (Å²) in [6.45, 7) is 14.2. The van der Waals surface area contributed by atoms with E-state index in [-0.39, 0.29) is 23.9 Å². The van der Waals surface area contributed by atoms with Gasteiger partial charge in [-0.1, -0.05) is 18.2 Å². The van der Waals surface area contributed by atoms with Gasteiger partial charge in [0.2, 0.25) is 11.8 Å². The molecule has 150 valence electrons. The molecule has 2 rings (SSSR count). The number of nitrogens with zero attached hydrogens (tertiary/aromatic N) is 2. The van der Waals surface area contributed by atoms with Crippen molar-refractivity contribution in [3.05, 3.63) is 34.9 Å². The molecular formula is C21H34N4O2. The Bertz CT molecular complexity index is 652. The Morgan fingerprint density at radius 1 is 0.889 bits per heavy atom. The lowest BCUT2D eigenvalue weighted by atomic mass is 10.0. The first kappa shape index (κ1) is 21.4. The fourth-order valence-corrected chi connectivity index (χ4v) is 3.28. The summed E-state index contributed by atoms with van der Waals surface area (Å²) in [5.74, 6) is 0.116. The topological polar surface area (TPSA) is 64.7 Å². The summed E-state index contributed by atoms with van der Waals surface area (Å²) in [4.78, 5) is 28.5. The number of hydrogen-bond acceptors (Lipinski definition) is 4. The molecule has 0 bridgehead atoms. The normalized spacial score (nSPS) is 17.0. The van der Waals surface area contributed by atoms with E-state index in [4.69, 9.17) is 0 Å². The highest BCUT2D eigenvalue weighted by atomic mass is 16.2. The van der Waals surface area contributed by atoms with Crippen LogP contribution in [0.15, 0.2) is 18.2 Å². The van der Waals surface area contributed by atoms with E-state index in [2.05, 4.69) is 52.5 Å². The minimum atomic E-state index is -0.00202. The van der Waals surface area contributed by atoms with Gasteiger partial charge in [0.1, 0.15) is 0 Å². The third-order valence-corrected chi connectivity index (χ3v) is 5.06. The molecule has 1 aromatic carbocycles. The van der Waals surface area contributed by atoms with Crippen LogP contribution in [-0.2, 0) is 9.59 Å². The SMILES string of the molecule is Cc1ccc(C(C)NC(=O)CN2CCN(CC(=O)NC(C)C)CC2)cc1C. The van der Waals surface area contributed by atoms with Crippen molar-refractivity contribution in [1.29, 1.82) is 0 Å². The molecule has 6 heteroatoms.